The molecule has 1 aromatic carbocycles. The van der Waals surface area contributed by atoms with Gasteiger partial charge in [-0.25, -0.2) is 4.98 Å². The fourth-order valence-corrected chi connectivity index (χ4v) is 2.86. The highest BCUT2D eigenvalue weighted by atomic mass is 35.5. The van der Waals surface area contributed by atoms with Crippen LogP contribution in [0.3, 0.4) is 0 Å². The summed E-state index contributed by atoms with van der Waals surface area (Å²) in [5.41, 5.74) is 2.12. The molecule has 0 radical (unpaired) electrons. The number of nitrogens with zero attached hydrogens (tertiary/aromatic N) is 2. The molecule has 1 aliphatic heterocycles. The minimum atomic E-state index is -0.151. The summed E-state index contributed by atoms with van der Waals surface area (Å²) in [6, 6.07) is 7.60. The monoisotopic (exact) mass is 290 g/mol. The molecule has 4 nitrogen and oxygen atoms in total. The molecule has 0 saturated heterocycles. The summed E-state index contributed by atoms with van der Waals surface area (Å²) in [5, 5.41) is 0.681. The third-order valence-corrected chi connectivity index (χ3v) is 3.94. The van der Waals surface area contributed by atoms with Gasteiger partial charge < -0.3 is 9.30 Å². The van der Waals surface area contributed by atoms with Crippen LogP contribution in [0.2, 0.25) is 5.02 Å². The number of aryl methyl sites for hydroxylation is 1. The highest BCUT2D eigenvalue weighted by Gasteiger charge is 2.27. The van der Waals surface area contributed by atoms with Gasteiger partial charge in [-0.15, -0.1) is 0 Å². The van der Waals surface area contributed by atoms with Gasteiger partial charge in [0.25, 0.3) is 0 Å². The largest absolute Gasteiger partial charge is 0.469 e. The average molecular weight is 291 g/mol. The van der Waals surface area contributed by atoms with E-state index in [1.54, 1.807) is 0 Å². The Morgan fingerprint density at radius 2 is 2.35 bits per heavy atom. The second-order valence-electron chi connectivity index (χ2n) is 4.95. The van der Waals surface area contributed by atoms with Crippen LogP contribution in [-0.2, 0) is 22.5 Å². The molecular weight excluding hydrogens is 276 g/mol. The van der Waals surface area contributed by atoms with Crippen LogP contribution < -0.4 is 0 Å². The van der Waals surface area contributed by atoms with Gasteiger partial charge in [-0.3, -0.25) is 4.79 Å². The summed E-state index contributed by atoms with van der Waals surface area (Å²) in [7, 11) is 1.43. The van der Waals surface area contributed by atoms with Crippen molar-refractivity contribution < 1.29 is 9.53 Å². The highest BCUT2D eigenvalue weighted by molar-refractivity contribution is 6.30. The standard InChI is InChI=1S/C15H15ClN2O2/c1-20-15(19)11-5-6-13-8-17-14(18(13)9-11)10-3-2-4-12(16)7-10/h2-4,7-8,11H,5-6,9H2,1H3. The summed E-state index contributed by atoms with van der Waals surface area (Å²) in [6.45, 7) is 0.615. The van der Waals surface area contributed by atoms with Crippen molar-refractivity contribution in [3.05, 3.63) is 41.2 Å². The van der Waals surface area contributed by atoms with E-state index < -0.39 is 0 Å². The summed E-state index contributed by atoms with van der Waals surface area (Å²) in [5.74, 6) is 0.608. The van der Waals surface area contributed by atoms with Crippen LogP contribution >= 0.6 is 11.6 Å². The molecule has 2 heterocycles. The van der Waals surface area contributed by atoms with E-state index in [0.717, 1.165) is 29.9 Å². The second-order valence-corrected chi connectivity index (χ2v) is 5.39. The number of aromatic nitrogens is 2. The second kappa shape index (κ2) is 5.29. The van der Waals surface area contributed by atoms with Crippen LogP contribution in [0.5, 0.6) is 0 Å². The predicted molar refractivity (Wildman–Crippen MR) is 76.5 cm³/mol. The molecule has 0 aliphatic carbocycles. The number of hydrogen-bond acceptors (Lipinski definition) is 3. The Morgan fingerprint density at radius 1 is 1.50 bits per heavy atom. The van der Waals surface area contributed by atoms with Gasteiger partial charge in [-0.1, -0.05) is 23.7 Å². The molecule has 20 heavy (non-hydrogen) atoms. The maximum Gasteiger partial charge on any atom is 0.310 e. The predicted octanol–water partition coefficient (Wildman–Crippen LogP) is 2.94. The maximum atomic E-state index is 11.7. The fourth-order valence-electron chi connectivity index (χ4n) is 2.67. The van der Waals surface area contributed by atoms with Gasteiger partial charge in [0.1, 0.15) is 5.82 Å². The molecule has 0 saturated carbocycles. The van der Waals surface area contributed by atoms with Crippen LogP contribution in [0.1, 0.15) is 12.1 Å². The molecule has 1 unspecified atom stereocenters. The number of imidazole rings is 1. The molecule has 5 heteroatoms. The summed E-state index contributed by atoms with van der Waals surface area (Å²) in [6.07, 6.45) is 3.53. The van der Waals surface area contributed by atoms with Gasteiger partial charge >= 0.3 is 5.97 Å². The number of rotatable bonds is 2. The van der Waals surface area contributed by atoms with E-state index in [4.69, 9.17) is 16.3 Å². The molecule has 0 spiro atoms. The number of benzene rings is 1. The van der Waals surface area contributed by atoms with Crippen molar-refractivity contribution in [1.29, 1.82) is 0 Å². The maximum absolute atomic E-state index is 11.7. The third kappa shape index (κ3) is 2.31. The van der Waals surface area contributed by atoms with Crippen molar-refractivity contribution in [2.24, 2.45) is 5.92 Å². The van der Waals surface area contributed by atoms with Gasteiger partial charge in [0.2, 0.25) is 0 Å². The van der Waals surface area contributed by atoms with E-state index in [9.17, 15) is 4.79 Å². The lowest BCUT2D eigenvalue weighted by atomic mass is 9.98. The molecule has 1 aliphatic rings. The number of esters is 1. The summed E-state index contributed by atoms with van der Waals surface area (Å²) in [4.78, 5) is 16.2. The number of hydrogen-bond donors (Lipinski definition) is 0. The van der Waals surface area contributed by atoms with Gasteiger partial charge in [-0.2, -0.15) is 0 Å². The first-order valence-corrected chi connectivity index (χ1v) is 6.95. The molecule has 1 aromatic heterocycles. The van der Waals surface area contributed by atoms with E-state index in [0.29, 0.717) is 11.6 Å². The Kier molecular flexibility index (Phi) is 3.49. The first-order chi connectivity index (χ1) is 9.69. The van der Waals surface area contributed by atoms with Crippen molar-refractivity contribution in [1.82, 2.24) is 9.55 Å². The summed E-state index contributed by atoms with van der Waals surface area (Å²) < 4.78 is 6.95. The first-order valence-electron chi connectivity index (χ1n) is 6.57. The highest BCUT2D eigenvalue weighted by Crippen LogP contribution is 2.28. The van der Waals surface area contributed by atoms with Crippen LogP contribution in [0, 0.1) is 5.92 Å². The zero-order chi connectivity index (χ0) is 14.1. The van der Waals surface area contributed by atoms with Crippen LogP contribution in [0.15, 0.2) is 30.5 Å². The molecule has 0 bridgehead atoms. The van der Waals surface area contributed by atoms with Gasteiger partial charge in [0.05, 0.1) is 13.0 Å². The van der Waals surface area contributed by atoms with Crippen molar-refractivity contribution >= 4 is 17.6 Å². The molecular formula is C15H15ClN2O2. The van der Waals surface area contributed by atoms with Crippen molar-refractivity contribution in [2.75, 3.05) is 7.11 Å². The van der Waals surface area contributed by atoms with E-state index in [1.807, 2.05) is 30.5 Å². The van der Waals surface area contributed by atoms with Gasteiger partial charge in [0.15, 0.2) is 0 Å². The lowest BCUT2D eigenvalue weighted by Crippen LogP contribution is -2.27. The average Bonchev–Trinajstić information content (AvgIpc) is 2.89. The van der Waals surface area contributed by atoms with Crippen molar-refractivity contribution in [3.8, 4) is 11.4 Å². The molecule has 3 rings (SSSR count). The van der Waals surface area contributed by atoms with Crippen LogP contribution in [-0.4, -0.2) is 22.6 Å². The van der Waals surface area contributed by atoms with E-state index in [2.05, 4.69) is 9.55 Å². The van der Waals surface area contributed by atoms with Crippen molar-refractivity contribution in [3.63, 3.8) is 0 Å². The third-order valence-electron chi connectivity index (χ3n) is 3.71. The minimum Gasteiger partial charge on any atom is -0.469 e. The SMILES string of the molecule is COC(=O)C1CCc2cnc(-c3cccc(Cl)c3)n2C1. The molecule has 1 atom stereocenters. The zero-order valence-corrected chi connectivity index (χ0v) is 11.9. The Morgan fingerprint density at radius 3 is 3.10 bits per heavy atom. The Balaban J connectivity index is 1.97. The van der Waals surface area contributed by atoms with Crippen molar-refractivity contribution in [2.45, 2.75) is 19.4 Å². The molecule has 104 valence electrons. The minimum absolute atomic E-state index is 0.0976. The number of carbonyl (C=O) groups excluding carboxylic acids is 1. The Hall–Kier alpha value is -1.81. The number of halogens is 1. The van der Waals surface area contributed by atoms with Crippen LogP contribution in [0.4, 0.5) is 0 Å². The fraction of sp³-hybridized carbons (Fsp3) is 0.333. The lowest BCUT2D eigenvalue weighted by molar-refractivity contribution is -0.146. The quantitative estimate of drug-likeness (QED) is 0.799. The van der Waals surface area contributed by atoms with E-state index in [1.165, 1.54) is 7.11 Å². The normalized spacial score (nSPS) is 17.6. The molecule has 0 fully saturated rings. The number of carbonyl (C=O) groups is 1. The molecule has 2 aromatic rings. The summed E-state index contributed by atoms with van der Waals surface area (Å²) >= 11 is 6.04. The molecule has 0 amide bonds. The smallest absolute Gasteiger partial charge is 0.310 e. The van der Waals surface area contributed by atoms with Crippen LogP contribution in [0.25, 0.3) is 11.4 Å². The Bertz CT molecular complexity index is 651. The van der Waals surface area contributed by atoms with Gasteiger partial charge in [0, 0.05) is 29.0 Å². The lowest BCUT2D eigenvalue weighted by Gasteiger charge is -2.23. The first kappa shape index (κ1) is 13.2. The zero-order valence-electron chi connectivity index (χ0n) is 11.2. The Labute approximate surface area is 122 Å². The molecule has 0 N–H and O–H groups in total. The number of fused-ring (bicyclic) bond motifs is 1. The van der Waals surface area contributed by atoms with Gasteiger partial charge in [-0.05, 0) is 25.0 Å². The number of methoxy groups -OCH3 is 1. The topological polar surface area (TPSA) is 44.1 Å². The van der Waals surface area contributed by atoms with E-state index in [-0.39, 0.29) is 11.9 Å². The van der Waals surface area contributed by atoms with E-state index >= 15 is 0 Å². The number of ether oxygens (including phenoxy) is 1.